The Balaban J connectivity index is 1.74. The number of benzene rings is 3. The molecule has 0 bridgehead atoms. The van der Waals surface area contributed by atoms with Gasteiger partial charge in [0, 0.05) is 33.7 Å². The normalized spacial score (nSPS) is 10.8. The van der Waals surface area contributed by atoms with Gasteiger partial charge in [-0.25, -0.2) is 14.6 Å². The van der Waals surface area contributed by atoms with Gasteiger partial charge in [-0.15, -0.1) is 11.3 Å². The number of nitrogens with two attached hydrogens (primary N) is 1. The van der Waals surface area contributed by atoms with Crippen LogP contribution in [0, 0.1) is 0 Å². The topological polar surface area (TPSA) is 85.3 Å². The first-order valence-corrected chi connectivity index (χ1v) is 10.4. The third-order valence-electron chi connectivity index (χ3n) is 4.86. The zero-order valence-electron chi connectivity index (χ0n) is 17.0. The molecule has 3 aromatic carbocycles. The smallest absolute Gasteiger partial charge is 0.336 e. The minimum absolute atomic E-state index is 0.215. The fourth-order valence-electron chi connectivity index (χ4n) is 3.38. The van der Waals surface area contributed by atoms with E-state index in [4.69, 9.17) is 14.6 Å². The molecule has 0 unspecified atom stereocenters. The molecule has 0 fully saturated rings. The maximum atomic E-state index is 12.1. The molecule has 0 atom stereocenters. The third kappa shape index (κ3) is 4.34. The maximum absolute atomic E-state index is 12.1. The Morgan fingerprint density at radius 1 is 0.968 bits per heavy atom. The molecule has 0 aliphatic heterocycles. The number of thiazole rings is 1. The van der Waals surface area contributed by atoms with Crippen LogP contribution in [-0.2, 0) is 4.84 Å². The van der Waals surface area contributed by atoms with E-state index in [0.717, 1.165) is 38.8 Å². The Hall–Kier alpha value is -3.52. The van der Waals surface area contributed by atoms with Crippen molar-refractivity contribution < 1.29 is 25.0 Å². The van der Waals surface area contributed by atoms with Crippen LogP contribution in [0.15, 0.2) is 72.1 Å². The Morgan fingerprint density at radius 2 is 1.81 bits per heavy atom. The van der Waals surface area contributed by atoms with Crippen LogP contribution < -0.4 is 10.2 Å². The van der Waals surface area contributed by atoms with Crippen molar-refractivity contribution >= 4 is 23.0 Å². The Kier molecular flexibility index (Phi) is 6.08. The number of rotatable bonds is 7. The zero-order valence-corrected chi connectivity index (χ0v) is 17.8. The number of nitrogens with zero attached hydrogens (tertiary/aromatic N) is 1. The van der Waals surface area contributed by atoms with Gasteiger partial charge in [-0.2, -0.15) is 5.48 Å². The van der Waals surface area contributed by atoms with Crippen molar-refractivity contribution in [1.29, 1.82) is 0 Å². The molecule has 0 aliphatic carbocycles. The van der Waals surface area contributed by atoms with E-state index in [1.54, 1.807) is 25.8 Å². The second-order valence-corrected chi connectivity index (χ2v) is 7.63. The van der Waals surface area contributed by atoms with Crippen molar-refractivity contribution in [3.05, 3.63) is 77.7 Å². The van der Waals surface area contributed by atoms with E-state index in [1.807, 2.05) is 66.0 Å². The number of hydrogen-bond acceptors (Lipinski definition) is 5. The van der Waals surface area contributed by atoms with Crippen LogP contribution in [-0.4, -0.2) is 30.3 Å². The predicted molar refractivity (Wildman–Crippen MR) is 121 cm³/mol. The summed E-state index contributed by atoms with van der Waals surface area (Å²) in [7, 11) is 3.20. The van der Waals surface area contributed by atoms with Crippen LogP contribution in [0.1, 0.15) is 10.4 Å². The highest BCUT2D eigenvalue weighted by Crippen LogP contribution is 2.34. The first kappa shape index (κ1) is 20.7. The highest BCUT2D eigenvalue weighted by molar-refractivity contribution is 7.13. The van der Waals surface area contributed by atoms with Gasteiger partial charge in [0.2, 0.25) is 0 Å². The summed E-state index contributed by atoms with van der Waals surface area (Å²) < 4.78 is 5.29. The van der Waals surface area contributed by atoms with Gasteiger partial charge in [0.25, 0.3) is 0 Å². The van der Waals surface area contributed by atoms with E-state index in [-0.39, 0.29) is 5.56 Å². The lowest BCUT2D eigenvalue weighted by Crippen LogP contribution is -2.76. The molecule has 1 aromatic heterocycles. The lowest BCUT2D eigenvalue weighted by molar-refractivity contribution is -0.829. The third-order valence-corrected chi connectivity index (χ3v) is 5.75. The number of hydrogen-bond donors (Lipinski definition) is 2. The standard InChI is InChI=1S/C24H20N2O4S/c1-29-17-7-5-6-15(12-17)22-14-31-23(25-22)16-10-11-18(20(13-16)24(27)28)19-8-3-4-9-21(19)26-30-2/h3-14,26H,1-2H3,(H,27,28)/p+1. The fraction of sp³-hybridized carbons (Fsp3) is 0.0833. The second-order valence-electron chi connectivity index (χ2n) is 6.78. The van der Waals surface area contributed by atoms with Crippen LogP contribution in [0.5, 0.6) is 5.75 Å². The predicted octanol–water partition coefficient (Wildman–Crippen LogP) is 4.61. The molecule has 156 valence electrons. The molecule has 0 spiro atoms. The van der Waals surface area contributed by atoms with Gasteiger partial charge in [-0.05, 0) is 24.3 Å². The first-order valence-electron chi connectivity index (χ1n) is 9.54. The molecule has 6 nitrogen and oxygen atoms in total. The lowest BCUT2D eigenvalue weighted by atomic mass is 9.96. The summed E-state index contributed by atoms with van der Waals surface area (Å²) >= 11 is 1.47. The molecule has 3 N–H and O–H groups in total. The molecule has 0 saturated carbocycles. The fourth-order valence-corrected chi connectivity index (χ4v) is 4.21. The van der Waals surface area contributed by atoms with E-state index < -0.39 is 5.97 Å². The SMILES string of the molecule is CO[NH2+]c1ccccc1-c1ccc(-c2nc(-c3cccc(OC)c3)cs2)cc1C(=O)O. The minimum Gasteiger partial charge on any atom is -0.497 e. The quantitative estimate of drug-likeness (QED) is 0.328. The summed E-state index contributed by atoms with van der Waals surface area (Å²) in [6.45, 7) is 0. The van der Waals surface area contributed by atoms with E-state index in [0.29, 0.717) is 5.56 Å². The van der Waals surface area contributed by atoms with Gasteiger partial charge in [0.15, 0.2) is 5.69 Å². The number of quaternary nitrogens is 1. The van der Waals surface area contributed by atoms with E-state index >= 15 is 0 Å². The number of aromatic carboxylic acids is 1. The van der Waals surface area contributed by atoms with Gasteiger partial charge in [0.05, 0.1) is 25.5 Å². The molecule has 0 radical (unpaired) electrons. The number of methoxy groups -OCH3 is 1. The molecule has 1 heterocycles. The Morgan fingerprint density at radius 3 is 2.58 bits per heavy atom. The average molecular weight is 434 g/mol. The largest absolute Gasteiger partial charge is 0.497 e. The molecule has 31 heavy (non-hydrogen) atoms. The van der Waals surface area contributed by atoms with Crippen molar-refractivity contribution in [1.82, 2.24) is 4.98 Å². The van der Waals surface area contributed by atoms with E-state index in [2.05, 4.69) is 0 Å². The van der Waals surface area contributed by atoms with Crippen molar-refractivity contribution in [2.75, 3.05) is 14.2 Å². The molecule has 4 aromatic rings. The summed E-state index contributed by atoms with van der Waals surface area (Å²) in [5.74, 6) is -0.232. The highest BCUT2D eigenvalue weighted by Gasteiger charge is 2.18. The summed E-state index contributed by atoms with van der Waals surface area (Å²) in [4.78, 5) is 21.9. The molecule has 0 saturated heterocycles. The van der Waals surface area contributed by atoms with Crippen molar-refractivity contribution in [2.24, 2.45) is 0 Å². The number of carboxylic acid groups (broad SMARTS) is 1. The minimum atomic E-state index is -0.992. The van der Waals surface area contributed by atoms with Gasteiger partial charge in [-0.1, -0.05) is 36.4 Å². The van der Waals surface area contributed by atoms with Gasteiger partial charge in [-0.3, -0.25) is 0 Å². The summed E-state index contributed by atoms with van der Waals surface area (Å²) in [5.41, 5.74) is 6.59. The van der Waals surface area contributed by atoms with Crippen LogP contribution in [0.4, 0.5) is 5.69 Å². The first-order chi connectivity index (χ1) is 15.1. The van der Waals surface area contributed by atoms with E-state index in [9.17, 15) is 9.90 Å². The molecule has 0 amide bonds. The van der Waals surface area contributed by atoms with Gasteiger partial charge in [0.1, 0.15) is 10.8 Å². The van der Waals surface area contributed by atoms with Crippen molar-refractivity contribution in [3.63, 3.8) is 0 Å². The molecule has 0 aliphatic rings. The molecular weight excluding hydrogens is 412 g/mol. The summed E-state index contributed by atoms with van der Waals surface area (Å²) in [5, 5.41) is 12.6. The summed E-state index contributed by atoms with van der Waals surface area (Å²) in [6, 6.07) is 20.6. The van der Waals surface area contributed by atoms with Crippen molar-refractivity contribution in [3.8, 4) is 38.7 Å². The lowest BCUT2D eigenvalue weighted by Gasteiger charge is -2.10. The van der Waals surface area contributed by atoms with Crippen LogP contribution in [0.3, 0.4) is 0 Å². The van der Waals surface area contributed by atoms with Gasteiger partial charge >= 0.3 is 5.97 Å². The molecule has 4 rings (SSSR count). The number of aromatic nitrogens is 1. The highest BCUT2D eigenvalue weighted by atomic mass is 32.1. The molecular formula is C24H21N2O4S+. The Bertz CT molecular complexity index is 1240. The molecule has 7 heteroatoms. The summed E-state index contributed by atoms with van der Waals surface area (Å²) in [6.07, 6.45) is 0. The zero-order chi connectivity index (χ0) is 21.8. The maximum Gasteiger partial charge on any atom is 0.336 e. The Labute approximate surface area is 183 Å². The number of ether oxygens (including phenoxy) is 1. The average Bonchev–Trinajstić information content (AvgIpc) is 3.30. The number of carbonyl (C=O) groups is 1. The monoisotopic (exact) mass is 433 g/mol. The van der Waals surface area contributed by atoms with Crippen LogP contribution >= 0.6 is 11.3 Å². The van der Waals surface area contributed by atoms with Gasteiger partial charge < -0.3 is 9.84 Å². The van der Waals surface area contributed by atoms with Crippen LogP contribution in [0.25, 0.3) is 33.0 Å². The van der Waals surface area contributed by atoms with Crippen LogP contribution in [0.2, 0.25) is 0 Å². The number of carboxylic acids is 1. The van der Waals surface area contributed by atoms with E-state index in [1.165, 1.54) is 11.3 Å². The van der Waals surface area contributed by atoms with Crippen molar-refractivity contribution in [2.45, 2.75) is 0 Å². The second kappa shape index (κ2) is 9.09.